The van der Waals surface area contributed by atoms with Crippen molar-refractivity contribution in [1.82, 2.24) is 14.7 Å². The quantitative estimate of drug-likeness (QED) is 0.528. The SMILES string of the molecule is CC(C)c1nc(Cn2ccc(=O)c3cc(Oc4ccccc4)ccc32)no1. The molecule has 0 unspecified atom stereocenters. The van der Waals surface area contributed by atoms with Gasteiger partial charge in [-0.15, -0.1) is 0 Å². The van der Waals surface area contributed by atoms with E-state index in [4.69, 9.17) is 9.26 Å². The molecule has 0 amide bonds. The Balaban J connectivity index is 1.68. The maximum Gasteiger partial charge on any atom is 0.229 e. The molecule has 0 atom stereocenters. The summed E-state index contributed by atoms with van der Waals surface area (Å²) < 4.78 is 13.0. The lowest BCUT2D eigenvalue weighted by Crippen LogP contribution is -2.09. The smallest absolute Gasteiger partial charge is 0.229 e. The Bertz CT molecular complexity index is 1130. The van der Waals surface area contributed by atoms with Gasteiger partial charge in [-0.1, -0.05) is 37.2 Å². The summed E-state index contributed by atoms with van der Waals surface area (Å²) in [5, 5.41) is 4.61. The van der Waals surface area contributed by atoms with E-state index in [1.807, 2.05) is 60.9 Å². The summed E-state index contributed by atoms with van der Waals surface area (Å²) in [6.45, 7) is 4.42. The lowest BCUT2D eigenvalue weighted by atomic mass is 10.2. The van der Waals surface area contributed by atoms with Gasteiger partial charge in [0.15, 0.2) is 11.3 Å². The highest BCUT2D eigenvalue weighted by Crippen LogP contribution is 2.24. The number of nitrogens with zero attached hydrogens (tertiary/aromatic N) is 3. The van der Waals surface area contributed by atoms with Gasteiger partial charge in [0.25, 0.3) is 0 Å². The van der Waals surface area contributed by atoms with Crippen LogP contribution in [0.4, 0.5) is 0 Å². The summed E-state index contributed by atoms with van der Waals surface area (Å²) in [6, 6.07) is 16.5. The minimum absolute atomic E-state index is 0.0595. The molecule has 6 nitrogen and oxygen atoms in total. The first-order chi connectivity index (χ1) is 13.1. The van der Waals surface area contributed by atoms with Crippen LogP contribution in [-0.2, 0) is 6.54 Å². The number of para-hydroxylation sites is 1. The third-order valence-electron chi connectivity index (χ3n) is 4.22. The van der Waals surface area contributed by atoms with Crippen molar-refractivity contribution in [2.24, 2.45) is 0 Å². The van der Waals surface area contributed by atoms with Crippen LogP contribution >= 0.6 is 0 Å². The van der Waals surface area contributed by atoms with Crippen LogP contribution in [0.15, 0.2) is 70.1 Å². The predicted octanol–water partition coefficient (Wildman–Crippen LogP) is 4.35. The molecule has 27 heavy (non-hydrogen) atoms. The molecule has 0 aliphatic carbocycles. The van der Waals surface area contributed by atoms with E-state index in [0.29, 0.717) is 29.4 Å². The molecule has 0 bridgehead atoms. The van der Waals surface area contributed by atoms with Gasteiger partial charge in [0.05, 0.1) is 12.1 Å². The molecule has 0 aliphatic heterocycles. The predicted molar refractivity (Wildman–Crippen MR) is 102 cm³/mol. The molecule has 2 heterocycles. The van der Waals surface area contributed by atoms with Crippen LogP contribution in [0.1, 0.15) is 31.5 Å². The first kappa shape index (κ1) is 17.0. The summed E-state index contributed by atoms with van der Waals surface area (Å²) in [7, 11) is 0. The van der Waals surface area contributed by atoms with Crippen molar-refractivity contribution in [2.45, 2.75) is 26.3 Å². The second-order valence-corrected chi connectivity index (χ2v) is 6.61. The Kier molecular flexibility index (Phi) is 4.46. The van der Waals surface area contributed by atoms with Crippen LogP contribution in [0.2, 0.25) is 0 Å². The van der Waals surface area contributed by atoms with Crippen molar-refractivity contribution >= 4 is 10.9 Å². The second-order valence-electron chi connectivity index (χ2n) is 6.61. The van der Waals surface area contributed by atoms with Gasteiger partial charge in [0, 0.05) is 23.6 Å². The third kappa shape index (κ3) is 3.60. The molecule has 0 saturated heterocycles. The summed E-state index contributed by atoms with van der Waals surface area (Å²) >= 11 is 0. The molecule has 6 heteroatoms. The van der Waals surface area contributed by atoms with E-state index in [1.54, 1.807) is 12.3 Å². The van der Waals surface area contributed by atoms with Gasteiger partial charge < -0.3 is 13.8 Å². The highest BCUT2D eigenvalue weighted by Gasteiger charge is 2.12. The first-order valence-electron chi connectivity index (χ1n) is 8.79. The Morgan fingerprint density at radius 1 is 1.07 bits per heavy atom. The molecule has 0 aliphatic rings. The molecule has 0 radical (unpaired) electrons. The number of hydrogen-bond donors (Lipinski definition) is 0. The standard InChI is InChI=1S/C21H19N3O3/c1-14(2)21-22-20(23-27-21)13-24-11-10-19(25)17-12-16(8-9-18(17)24)26-15-6-4-3-5-7-15/h3-12,14H,13H2,1-2H3. The molecule has 0 fully saturated rings. The van der Waals surface area contributed by atoms with E-state index in [0.717, 1.165) is 11.3 Å². The van der Waals surface area contributed by atoms with Crippen LogP contribution in [-0.4, -0.2) is 14.7 Å². The van der Waals surface area contributed by atoms with E-state index in [2.05, 4.69) is 10.1 Å². The highest BCUT2D eigenvalue weighted by molar-refractivity contribution is 5.80. The average molecular weight is 361 g/mol. The van der Waals surface area contributed by atoms with Gasteiger partial charge in [-0.3, -0.25) is 4.79 Å². The summed E-state index contributed by atoms with van der Waals surface area (Å²) in [4.78, 5) is 16.8. The minimum Gasteiger partial charge on any atom is -0.457 e. The van der Waals surface area contributed by atoms with Crippen molar-refractivity contribution in [1.29, 1.82) is 0 Å². The largest absolute Gasteiger partial charge is 0.457 e. The molecule has 0 spiro atoms. The number of ether oxygens (including phenoxy) is 1. The monoisotopic (exact) mass is 361 g/mol. The van der Waals surface area contributed by atoms with Crippen LogP contribution in [0.3, 0.4) is 0 Å². The fraction of sp³-hybridized carbons (Fsp3) is 0.190. The zero-order valence-electron chi connectivity index (χ0n) is 15.1. The molecule has 2 aromatic carbocycles. The summed E-state index contributed by atoms with van der Waals surface area (Å²) in [6.07, 6.45) is 1.74. The minimum atomic E-state index is -0.0595. The van der Waals surface area contributed by atoms with Gasteiger partial charge >= 0.3 is 0 Å². The molecule has 0 saturated carbocycles. The van der Waals surface area contributed by atoms with Crippen LogP contribution in [0.5, 0.6) is 11.5 Å². The number of aromatic nitrogens is 3. The Hall–Kier alpha value is -3.41. The molecule has 4 aromatic rings. The Morgan fingerprint density at radius 3 is 2.63 bits per heavy atom. The number of hydrogen-bond acceptors (Lipinski definition) is 5. The van der Waals surface area contributed by atoms with Crippen molar-refractivity contribution in [3.8, 4) is 11.5 Å². The van der Waals surface area contributed by atoms with Crippen molar-refractivity contribution in [3.05, 3.63) is 82.7 Å². The topological polar surface area (TPSA) is 70.2 Å². The summed E-state index contributed by atoms with van der Waals surface area (Å²) in [5.74, 6) is 2.70. The lowest BCUT2D eigenvalue weighted by Gasteiger charge is -2.10. The molecule has 4 rings (SSSR count). The number of rotatable bonds is 5. The fourth-order valence-corrected chi connectivity index (χ4v) is 2.84. The van der Waals surface area contributed by atoms with E-state index < -0.39 is 0 Å². The maximum atomic E-state index is 12.4. The van der Waals surface area contributed by atoms with E-state index in [-0.39, 0.29) is 11.3 Å². The molecule has 136 valence electrons. The Labute approximate surface area is 156 Å². The van der Waals surface area contributed by atoms with E-state index in [1.165, 1.54) is 6.07 Å². The summed E-state index contributed by atoms with van der Waals surface area (Å²) in [5.41, 5.74) is 0.731. The number of pyridine rings is 1. The van der Waals surface area contributed by atoms with Gasteiger partial charge in [-0.2, -0.15) is 4.98 Å². The van der Waals surface area contributed by atoms with Gasteiger partial charge in [0.1, 0.15) is 11.5 Å². The van der Waals surface area contributed by atoms with Gasteiger partial charge in [-0.25, -0.2) is 0 Å². The zero-order chi connectivity index (χ0) is 18.8. The van der Waals surface area contributed by atoms with E-state index >= 15 is 0 Å². The third-order valence-corrected chi connectivity index (χ3v) is 4.22. The maximum absolute atomic E-state index is 12.4. The van der Waals surface area contributed by atoms with Crippen LogP contribution < -0.4 is 10.2 Å². The normalized spacial score (nSPS) is 11.2. The van der Waals surface area contributed by atoms with Crippen LogP contribution in [0, 0.1) is 0 Å². The van der Waals surface area contributed by atoms with Gasteiger partial charge in [-0.05, 0) is 30.3 Å². The molecule has 0 N–H and O–H groups in total. The van der Waals surface area contributed by atoms with E-state index in [9.17, 15) is 4.79 Å². The number of benzene rings is 2. The average Bonchev–Trinajstić information content (AvgIpc) is 3.14. The molecule has 2 aromatic heterocycles. The molecular weight excluding hydrogens is 342 g/mol. The Morgan fingerprint density at radius 2 is 1.89 bits per heavy atom. The lowest BCUT2D eigenvalue weighted by molar-refractivity contribution is 0.360. The van der Waals surface area contributed by atoms with Crippen LogP contribution in [0.25, 0.3) is 10.9 Å². The van der Waals surface area contributed by atoms with Crippen molar-refractivity contribution < 1.29 is 9.26 Å². The fourth-order valence-electron chi connectivity index (χ4n) is 2.84. The van der Waals surface area contributed by atoms with Crippen molar-refractivity contribution in [2.75, 3.05) is 0 Å². The van der Waals surface area contributed by atoms with Crippen molar-refractivity contribution in [3.63, 3.8) is 0 Å². The second kappa shape index (κ2) is 7.07. The first-order valence-corrected chi connectivity index (χ1v) is 8.79. The van der Waals surface area contributed by atoms with Gasteiger partial charge in [0.2, 0.25) is 5.89 Å². The highest BCUT2D eigenvalue weighted by atomic mass is 16.5. The number of fused-ring (bicyclic) bond motifs is 1. The zero-order valence-corrected chi connectivity index (χ0v) is 15.1. The molecular formula is C21H19N3O3.